The Morgan fingerprint density at radius 3 is 2.68 bits per heavy atom. The number of nitrogens with zero attached hydrogens (tertiary/aromatic N) is 4. The molecule has 1 aromatic heterocycles. The maximum Gasteiger partial charge on any atom is 0.191 e. The van der Waals surface area contributed by atoms with Crippen LogP contribution in [0.3, 0.4) is 0 Å². The third-order valence-corrected chi connectivity index (χ3v) is 2.93. The van der Waals surface area contributed by atoms with Gasteiger partial charge in [-0.3, -0.25) is 0 Å². The predicted molar refractivity (Wildman–Crippen MR) is 99.6 cm³/mol. The average molecular weight is 424 g/mol. The number of aromatic nitrogens is 3. The van der Waals surface area contributed by atoms with Crippen molar-refractivity contribution in [3.05, 3.63) is 12.2 Å². The summed E-state index contributed by atoms with van der Waals surface area (Å²) in [6, 6.07) is 0. The molecule has 0 unspecified atom stereocenters. The van der Waals surface area contributed by atoms with Crippen molar-refractivity contribution in [3.8, 4) is 0 Å². The lowest BCUT2D eigenvalue weighted by Gasteiger charge is -2.11. The normalized spacial score (nSPS) is 11.1. The molecule has 0 saturated heterocycles. The topological polar surface area (TPSA) is 76.4 Å². The van der Waals surface area contributed by atoms with Crippen LogP contribution in [0.5, 0.6) is 0 Å². The zero-order chi connectivity index (χ0) is 15.3. The number of aliphatic imine (C=N–C) groups is 1. The standard InChI is InChI=1S/C14H28N6O.HI/c1-4-6-9-21-10-7-8-16-14(15-5-2)17-11-13-19-18-12-20(13)3;/h12H,4-11H2,1-3H3,(H2,15,16,17);1H. The molecule has 22 heavy (non-hydrogen) atoms. The summed E-state index contributed by atoms with van der Waals surface area (Å²) in [5, 5.41) is 14.4. The van der Waals surface area contributed by atoms with Crippen molar-refractivity contribution in [2.24, 2.45) is 12.0 Å². The molecule has 8 heteroatoms. The first-order chi connectivity index (χ1) is 10.3. The average Bonchev–Trinajstić information content (AvgIpc) is 2.89. The van der Waals surface area contributed by atoms with Gasteiger partial charge in [-0.25, -0.2) is 4.99 Å². The molecule has 0 aliphatic heterocycles. The summed E-state index contributed by atoms with van der Waals surface area (Å²) in [5.41, 5.74) is 0. The van der Waals surface area contributed by atoms with Gasteiger partial charge >= 0.3 is 0 Å². The van der Waals surface area contributed by atoms with E-state index in [1.807, 2.05) is 18.5 Å². The van der Waals surface area contributed by atoms with Gasteiger partial charge in [0.2, 0.25) is 0 Å². The van der Waals surface area contributed by atoms with Crippen molar-refractivity contribution in [1.29, 1.82) is 0 Å². The molecule has 0 aliphatic rings. The summed E-state index contributed by atoms with van der Waals surface area (Å²) in [6.07, 6.45) is 4.96. The number of halogens is 1. The van der Waals surface area contributed by atoms with Gasteiger partial charge in [0, 0.05) is 33.4 Å². The molecule has 0 fully saturated rings. The third-order valence-electron chi connectivity index (χ3n) is 2.93. The summed E-state index contributed by atoms with van der Waals surface area (Å²) < 4.78 is 7.40. The fraction of sp³-hybridized carbons (Fsp3) is 0.786. The lowest BCUT2D eigenvalue weighted by Crippen LogP contribution is -2.38. The molecule has 0 spiro atoms. The van der Waals surface area contributed by atoms with Crippen molar-refractivity contribution < 1.29 is 4.74 Å². The number of nitrogens with one attached hydrogen (secondary N) is 2. The Kier molecular flexibility index (Phi) is 13.2. The Labute approximate surface area is 150 Å². The van der Waals surface area contributed by atoms with Crippen LogP contribution in [0.4, 0.5) is 0 Å². The second kappa shape index (κ2) is 13.7. The van der Waals surface area contributed by atoms with Gasteiger partial charge in [-0.2, -0.15) is 0 Å². The summed E-state index contributed by atoms with van der Waals surface area (Å²) in [4.78, 5) is 4.49. The minimum absolute atomic E-state index is 0. The second-order valence-electron chi connectivity index (χ2n) is 4.80. The predicted octanol–water partition coefficient (Wildman–Crippen LogP) is 1.69. The van der Waals surface area contributed by atoms with Crippen molar-refractivity contribution >= 4 is 29.9 Å². The van der Waals surface area contributed by atoms with E-state index in [2.05, 4.69) is 32.7 Å². The SMILES string of the molecule is CCCCOCCCNC(=NCc1nncn1C)NCC.I. The highest BCUT2D eigenvalue weighted by atomic mass is 127. The van der Waals surface area contributed by atoms with Crippen LogP contribution in [0.2, 0.25) is 0 Å². The van der Waals surface area contributed by atoms with Crippen LogP contribution in [-0.4, -0.2) is 47.0 Å². The number of rotatable bonds is 10. The first-order valence-corrected chi connectivity index (χ1v) is 7.70. The number of ether oxygens (including phenoxy) is 1. The van der Waals surface area contributed by atoms with Crippen molar-refractivity contribution in [2.75, 3.05) is 26.3 Å². The van der Waals surface area contributed by atoms with Crippen LogP contribution in [0.1, 0.15) is 38.9 Å². The molecule has 1 heterocycles. The van der Waals surface area contributed by atoms with Crippen LogP contribution in [0.25, 0.3) is 0 Å². The zero-order valence-corrected chi connectivity index (χ0v) is 16.2. The van der Waals surface area contributed by atoms with E-state index in [0.717, 1.165) is 50.9 Å². The highest BCUT2D eigenvalue weighted by Gasteiger charge is 2.01. The van der Waals surface area contributed by atoms with E-state index in [0.29, 0.717) is 6.54 Å². The molecular formula is C14H29IN6O. The van der Waals surface area contributed by atoms with Crippen LogP contribution in [0, 0.1) is 0 Å². The maximum atomic E-state index is 5.53. The molecular weight excluding hydrogens is 395 g/mol. The fourth-order valence-corrected chi connectivity index (χ4v) is 1.67. The molecule has 0 atom stereocenters. The quantitative estimate of drug-likeness (QED) is 0.259. The number of aryl methyl sites for hydroxylation is 1. The smallest absolute Gasteiger partial charge is 0.191 e. The van der Waals surface area contributed by atoms with Crippen LogP contribution in [0.15, 0.2) is 11.3 Å². The number of hydrogen-bond acceptors (Lipinski definition) is 4. The highest BCUT2D eigenvalue weighted by Crippen LogP contribution is 1.94. The van der Waals surface area contributed by atoms with Crippen molar-refractivity contribution in [1.82, 2.24) is 25.4 Å². The van der Waals surface area contributed by atoms with E-state index in [1.54, 1.807) is 6.33 Å². The Bertz CT molecular complexity index is 410. The Morgan fingerprint density at radius 2 is 2.05 bits per heavy atom. The molecule has 128 valence electrons. The molecule has 7 nitrogen and oxygen atoms in total. The van der Waals surface area contributed by atoms with E-state index < -0.39 is 0 Å². The summed E-state index contributed by atoms with van der Waals surface area (Å²) >= 11 is 0. The minimum Gasteiger partial charge on any atom is -0.381 e. The van der Waals surface area contributed by atoms with Crippen LogP contribution < -0.4 is 10.6 Å². The lowest BCUT2D eigenvalue weighted by molar-refractivity contribution is 0.129. The van der Waals surface area contributed by atoms with E-state index in [1.165, 1.54) is 6.42 Å². The molecule has 2 N–H and O–H groups in total. The molecule has 0 radical (unpaired) electrons. The summed E-state index contributed by atoms with van der Waals surface area (Å²) in [5.74, 6) is 1.64. The first kappa shape index (κ1) is 21.1. The second-order valence-corrected chi connectivity index (χ2v) is 4.80. The van der Waals surface area contributed by atoms with E-state index in [4.69, 9.17) is 4.74 Å². The van der Waals surface area contributed by atoms with Gasteiger partial charge in [0.25, 0.3) is 0 Å². The number of guanidine groups is 1. The van der Waals surface area contributed by atoms with Gasteiger partial charge in [-0.05, 0) is 19.8 Å². The Hall–Kier alpha value is -0.900. The Morgan fingerprint density at radius 1 is 1.27 bits per heavy atom. The Balaban J connectivity index is 0.00000441. The van der Waals surface area contributed by atoms with Crippen LogP contribution >= 0.6 is 24.0 Å². The first-order valence-electron chi connectivity index (χ1n) is 7.70. The van der Waals surface area contributed by atoms with Gasteiger partial charge in [-0.1, -0.05) is 13.3 Å². The molecule has 0 amide bonds. The van der Waals surface area contributed by atoms with E-state index in [-0.39, 0.29) is 24.0 Å². The maximum absolute atomic E-state index is 5.53. The highest BCUT2D eigenvalue weighted by molar-refractivity contribution is 14.0. The number of unbranched alkanes of at least 4 members (excludes halogenated alkanes) is 1. The lowest BCUT2D eigenvalue weighted by atomic mass is 10.4. The van der Waals surface area contributed by atoms with Gasteiger partial charge in [0.1, 0.15) is 12.9 Å². The van der Waals surface area contributed by atoms with E-state index in [9.17, 15) is 0 Å². The van der Waals surface area contributed by atoms with E-state index >= 15 is 0 Å². The molecule has 0 saturated carbocycles. The summed E-state index contributed by atoms with van der Waals surface area (Å²) in [6.45, 7) is 8.05. The summed E-state index contributed by atoms with van der Waals surface area (Å²) in [7, 11) is 1.92. The monoisotopic (exact) mass is 424 g/mol. The molecule has 1 rings (SSSR count). The molecule has 0 bridgehead atoms. The third kappa shape index (κ3) is 9.19. The molecule has 1 aromatic rings. The number of hydrogen-bond donors (Lipinski definition) is 2. The van der Waals surface area contributed by atoms with Gasteiger partial charge in [0.15, 0.2) is 11.8 Å². The van der Waals surface area contributed by atoms with Crippen LogP contribution in [-0.2, 0) is 18.3 Å². The molecule has 0 aliphatic carbocycles. The van der Waals surface area contributed by atoms with Gasteiger partial charge in [-0.15, -0.1) is 34.2 Å². The fourth-order valence-electron chi connectivity index (χ4n) is 1.67. The minimum atomic E-state index is 0. The van der Waals surface area contributed by atoms with Crippen molar-refractivity contribution in [2.45, 2.75) is 39.7 Å². The van der Waals surface area contributed by atoms with Crippen molar-refractivity contribution in [3.63, 3.8) is 0 Å². The van der Waals surface area contributed by atoms with Gasteiger partial charge < -0.3 is 19.9 Å². The molecule has 0 aromatic carbocycles. The largest absolute Gasteiger partial charge is 0.381 e. The zero-order valence-electron chi connectivity index (χ0n) is 13.8. The van der Waals surface area contributed by atoms with Gasteiger partial charge in [0.05, 0.1) is 0 Å².